The molecule has 1 unspecified atom stereocenters. The van der Waals surface area contributed by atoms with Crippen molar-refractivity contribution in [3.05, 3.63) is 118 Å². The number of primary amides is 1. The average molecular weight is 775 g/mol. The van der Waals surface area contributed by atoms with E-state index in [0.717, 1.165) is 46.7 Å². The minimum Gasteiger partial charge on any atom is -0.508 e. The van der Waals surface area contributed by atoms with Crippen molar-refractivity contribution in [2.75, 3.05) is 25.5 Å². The van der Waals surface area contributed by atoms with Crippen molar-refractivity contribution in [2.45, 2.75) is 44.6 Å². The van der Waals surface area contributed by atoms with Crippen molar-refractivity contribution in [3.8, 4) is 5.75 Å². The largest absolute Gasteiger partial charge is 0.508 e. The molecule has 0 bridgehead atoms. The molecule has 4 aromatic rings. The number of phenolic OH excluding ortho intramolecular Hbond substituents is 1. The van der Waals surface area contributed by atoms with Gasteiger partial charge in [-0.1, -0.05) is 77.5 Å². The summed E-state index contributed by atoms with van der Waals surface area (Å²) in [5, 5.41) is 20.9. The zero-order valence-electron chi connectivity index (χ0n) is 28.5. The number of nitrogens with one attached hydrogen (secondary N) is 1. The van der Waals surface area contributed by atoms with Gasteiger partial charge in [0.15, 0.2) is 11.0 Å². The highest BCUT2D eigenvalue weighted by atomic mass is 35.5. The number of nitrogens with two attached hydrogens (primary N) is 1. The number of amides is 3. The van der Waals surface area contributed by atoms with Gasteiger partial charge in [-0.05, 0) is 47.5 Å². The predicted octanol–water partition coefficient (Wildman–Crippen LogP) is 6.62. The summed E-state index contributed by atoms with van der Waals surface area (Å²) in [6, 6.07) is 25.3. The van der Waals surface area contributed by atoms with Crippen molar-refractivity contribution in [2.24, 2.45) is 5.73 Å². The van der Waals surface area contributed by atoms with Crippen LogP contribution in [0.4, 0.5) is 23.0 Å². The molecule has 0 radical (unpaired) electrons. The highest BCUT2D eigenvalue weighted by Gasteiger charge is 2.40. The number of urea groups is 1. The Morgan fingerprint density at radius 2 is 1.64 bits per heavy atom. The number of carbonyl (C=O) groups excluding carboxylic acids is 3. The van der Waals surface area contributed by atoms with Crippen LogP contribution in [-0.4, -0.2) is 81.2 Å². The number of likely N-dealkylation sites (tertiary alicyclic amines) is 1. The average Bonchev–Trinajstić information content (AvgIpc) is 3.56. The Kier molecular flexibility index (Phi) is 13.8. The summed E-state index contributed by atoms with van der Waals surface area (Å²) in [6.45, 7) is 2.22. The third-order valence-electron chi connectivity index (χ3n) is 8.24. The number of esters is 1. The Balaban J connectivity index is 0.000000815. The maximum absolute atomic E-state index is 14.1. The lowest BCUT2D eigenvalue weighted by Crippen LogP contribution is -2.56. The van der Waals surface area contributed by atoms with Crippen LogP contribution in [0, 0.1) is 0 Å². The minimum absolute atomic E-state index is 0.0977. The molecule has 0 saturated carbocycles. The summed E-state index contributed by atoms with van der Waals surface area (Å²) in [5.74, 6) is -3.81. The number of nitrogens with zero attached hydrogens (tertiary/aromatic N) is 2. The molecule has 11 nitrogen and oxygen atoms in total. The fourth-order valence-electron chi connectivity index (χ4n) is 5.83. The van der Waals surface area contributed by atoms with Gasteiger partial charge in [0.05, 0.1) is 13.6 Å². The first-order valence-electron chi connectivity index (χ1n) is 16.2. The smallest absolute Gasteiger partial charge is 0.497 e. The molecule has 1 aromatic heterocycles. The fourth-order valence-corrected chi connectivity index (χ4v) is 6.83. The molecular formula is C37H38ClF3N4O7S+2. The van der Waals surface area contributed by atoms with E-state index in [9.17, 15) is 32.7 Å². The number of halogens is 4. The second-order valence-corrected chi connectivity index (χ2v) is 14.1. The zero-order valence-corrected chi connectivity index (χ0v) is 30.1. The van der Waals surface area contributed by atoms with Gasteiger partial charge in [0.25, 0.3) is 5.91 Å². The molecule has 3 aromatic carbocycles. The molecule has 2 heterocycles. The molecule has 1 aliphatic rings. The number of piperidine rings is 1. The van der Waals surface area contributed by atoms with E-state index in [1.165, 1.54) is 16.7 Å². The number of thiophene rings is 1. The molecule has 0 aliphatic carbocycles. The van der Waals surface area contributed by atoms with Gasteiger partial charge in [-0.2, -0.15) is 27.9 Å². The van der Waals surface area contributed by atoms with Crippen LogP contribution in [0.25, 0.3) is 0 Å². The Morgan fingerprint density at radius 3 is 2.26 bits per heavy atom. The quantitative estimate of drug-likeness (QED) is 0.0801. The lowest BCUT2D eigenvalue weighted by molar-refractivity contribution is -0.918. The van der Waals surface area contributed by atoms with Crippen LogP contribution >= 0.6 is 22.9 Å². The van der Waals surface area contributed by atoms with Crippen molar-refractivity contribution in [1.82, 2.24) is 0 Å². The first-order valence-corrected chi connectivity index (χ1v) is 17.4. The first-order chi connectivity index (χ1) is 25.0. The van der Waals surface area contributed by atoms with Gasteiger partial charge in [-0.15, -0.1) is 0 Å². The van der Waals surface area contributed by atoms with Gasteiger partial charge in [-0.3, -0.25) is 4.79 Å². The molecule has 2 atom stereocenters. The number of phenols is 1. The van der Waals surface area contributed by atoms with Gasteiger partial charge >= 0.3 is 24.1 Å². The van der Waals surface area contributed by atoms with Gasteiger partial charge in [0.1, 0.15) is 36.0 Å². The number of hydrogen-bond donors (Lipinski definition) is 4. The fraction of sp³-hybridized carbons (Fsp3) is 0.270. The first kappa shape index (κ1) is 40.5. The number of alkyl halides is 3. The van der Waals surface area contributed by atoms with E-state index in [0.29, 0.717) is 38.9 Å². The highest BCUT2D eigenvalue weighted by Crippen LogP contribution is 2.26. The maximum atomic E-state index is 14.1. The van der Waals surface area contributed by atoms with Crippen LogP contribution in [0.2, 0.25) is 5.02 Å². The SMILES string of the molecule is C[N+]1(Cc2cccc(Cl)c2)CCC/C(=[N+](/C(=O)Nc2ccc(C(=O)OCc3ccccc3)s2)[C@@H](Cc2ccc(O)cc2)C(N)=O)C1.O=C(O)C(F)(F)F. The number of aliphatic carboxylic acids is 1. The molecule has 53 heavy (non-hydrogen) atoms. The molecule has 1 fully saturated rings. The highest BCUT2D eigenvalue weighted by molar-refractivity contribution is 7.18. The van der Waals surface area contributed by atoms with Crippen LogP contribution in [0.3, 0.4) is 0 Å². The number of anilines is 1. The Bertz CT molecular complexity index is 1960. The lowest BCUT2D eigenvalue weighted by Gasteiger charge is -2.38. The summed E-state index contributed by atoms with van der Waals surface area (Å²) in [4.78, 5) is 49.1. The van der Waals surface area contributed by atoms with Crippen molar-refractivity contribution >= 4 is 57.5 Å². The molecule has 1 aliphatic heterocycles. The van der Waals surface area contributed by atoms with Crippen LogP contribution in [0.1, 0.15) is 39.2 Å². The van der Waals surface area contributed by atoms with Gasteiger partial charge in [-0.25, -0.2) is 9.59 Å². The van der Waals surface area contributed by atoms with Crippen molar-refractivity contribution in [1.29, 1.82) is 0 Å². The minimum atomic E-state index is -5.08. The number of rotatable bonds is 10. The van der Waals surface area contributed by atoms with Crippen LogP contribution in [0.15, 0.2) is 91.0 Å². The summed E-state index contributed by atoms with van der Waals surface area (Å²) in [7, 11) is 2.13. The van der Waals surface area contributed by atoms with Crippen LogP contribution in [0.5, 0.6) is 5.75 Å². The Labute approximate surface area is 312 Å². The molecule has 3 amide bonds. The predicted molar refractivity (Wildman–Crippen MR) is 193 cm³/mol. The monoisotopic (exact) mass is 774 g/mol. The molecule has 0 spiro atoms. The molecule has 16 heteroatoms. The van der Waals surface area contributed by atoms with E-state index in [4.69, 9.17) is 32.0 Å². The second kappa shape index (κ2) is 18.0. The number of hydrogen-bond acceptors (Lipinski definition) is 7. The third kappa shape index (κ3) is 12.2. The van der Waals surface area contributed by atoms with Crippen LogP contribution in [-0.2, 0) is 33.9 Å². The summed E-state index contributed by atoms with van der Waals surface area (Å²) < 4.78 is 39.3. The molecular weight excluding hydrogens is 737 g/mol. The topological polar surface area (TPSA) is 159 Å². The third-order valence-corrected chi connectivity index (χ3v) is 9.45. The maximum Gasteiger partial charge on any atom is 0.497 e. The number of carbonyl (C=O) groups is 4. The van der Waals surface area contributed by atoms with E-state index < -0.39 is 36.1 Å². The molecule has 280 valence electrons. The second-order valence-electron chi connectivity index (χ2n) is 12.6. The van der Waals surface area contributed by atoms with Gasteiger partial charge in [0, 0.05) is 29.8 Å². The van der Waals surface area contributed by atoms with Crippen LogP contribution < -0.4 is 11.1 Å². The zero-order chi connectivity index (χ0) is 38.8. The Hall–Kier alpha value is -5.25. The molecule has 5 N–H and O–H groups in total. The number of benzene rings is 3. The van der Waals surface area contributed by atoms with Crippen molar-refractivity contribution < 1.29 is 56.4 Å². The van der Waals surface area contributed by atoms with E-state index in [2.05, 4.69) is 12.4 Å². The van der Waals surface area contributed by atoms with E-state index in [-0.39, 0.29) is 18.8 Å². The number of ether oxygens (including phenoxy) is 1. The van der Waals surface area contributed by atoms with E-state index in [1.807, 2.05) is 54.6 Å². The van der Waals surface area contributed by atoms with Crippen molar-refractivity contribution in [3.63, 3.8) is 0 Å². The number of carboxylic acid groups (broad SMARTS) is 1. The number of quaternary nitrogens is 1. The molecule has 5 rings (SSSR count). The van der Waals surface area contributed by atoms with Gasteiger partial charge < -0.3 is 25.2 Å². The summed E-state index contributed by atoms with van der Waals surface area (Å²) in [5.41, 5.74) is 9.46. The van der Waals surface area contributed by atoms with E-state index >= 15 is 0 Å². The summed E-state index contributed by atoms with van der Waals surface area (Å²) >= 11 is 7.36. The summed E-state index contributed by atoms with van der Waals surface area (Å²) in [6.07, 6.45) is -3.51. The van der Waals surface area contributed by atoms with E-state index in [1.54, 1.807) is 24.3 Å². The Morgan fingerprint density at radius 1 is 0.981 bits per heavy atom. The lowest BCUT2D eigenvalue weighted by atomic mass is 10.0. The number of carboxylic acids is 1. The number of aromatic hydroxyl groups is 1. The van der Waals surface area contributed by atoms with Gasteiger partial charge in [0.2, 0.25) is 0 Å². The normalized spacial score (nSPS) is 17.1. The molecule has 1 saturated heterocycles. The standard InChI is InChI=1S/C35H35ClN4O5S.C2HF3O2/c1-40(21-26-9-5-10-27(36)19-26)18-6-11-28(22-40)39(30(33(37)42)20-24-12-14-29(41)15-13-24)35(44)38-32-17-16-31(46-32)34(43)45-23-25-7-3-2-4-8-25;3-2(4,5)1(6)7/h2-5,7-10,12-17,19,30H,6,11,18,20-23H2,1H3,(H2-2,37,38,41,42,43,44);(H,6,7)/p+2/b39-28-;/t30-,40?;/m0./s1.